The van der Waals surface area contributed by atoms with Crippen LogP contribution in [0, 0.1) is 6.92 Å². The summed E-state index contributed by atoms with van der Waals surface area (Å²) in [5.41, 5.74) is 4.48. The SMILES string of the molecule is CC.Cc1ccc2c3c(cccc13)CC2. The van der Waals surface area contributed by atoms with Gasteiger partial charge in [-0.25, -0.2) is 0 Å². The lowest BCUT2D eigenvalue weighted by Gasteiger charge is -2.04. The summed E-state index contributed by atoms with van der Waals surface area (Å²) in [7, 11) is 0. The summed E-state index contributed by atoms with van der Waals surface area (Å²) in [6.07, 6.45) is 2.46. The first-order chi connectivity index (χ1) is 7.36. The lowest BCUT2D eigenvalue weighted by atomic mass is 10.0. The fraction of sp³-hybridized carbons (Fsp3) is 0.333. The molecule has 0 heterocycles. The van der Waals surface area contributed by atoms with Crippen LogP contribution in [0.2, 0.25) is 0 Å². The minimum Gasteiger partial charge on any atom is -0.0683 e. The average Bonchev–Trinajstić information content (AvgIpc) is 2.71. The Balaban J connectivity index is 0.000000404. The van der Waals surface area contributed by atoms with Crippen molar-refractivity contribution in [3.05, 3.63) is 47.0 Å². The Morgan fingerprint density at radius 3 is 2.27 bits per heavy atom. The predicted molar refractivity (Wildman–Crippen MR) is 67.4 cm³/mol. The maximum Gasteiger partial charge on any atom is -0.0117 e. The van der Waals surface area contributed by atoms with Crippen LogP contribution in [-0.2, 0) is 12.8 Å². The summed E-state index contributed by atoms with van der Waals surface area (Å²) in [6, 6.07) is 11.2. The smallest absolute Gasteiger partial charge is 0.0117 e. The maximum absolute atomic E-state index is 2.29. The Hall–Kier alpha value is -1.30. The second-order valence-corrected chi connectivity index (χ2v) is 3.88. The van der Waals surface area contributed by atoms with Crippen LogP contribution in [0.5, 0.6) is 0 Å². The van der Waals surface area contributed by atoms with E-state index in [-0.39, 0.29) is 0 Å². The van der Waals surface area contributed by atoms with E-state index < -0.39 is 0 Å². The molecule has 78 valence electrons. The third-order valence-electron chi connectivity index (χ3n) is 3.09. The summed E-state index contributed by atoms with van der Waals surface area (Å²) >= 11 is 0. The molecule has 0 saturated carbocycles. The van der Waals surface area contributed by atoms with Gasteiger partial charge in [-0.3, -0.25) is 0 Å². The molecular formula is C15H18. The standard InChI is InChI=1S/C13H12.C2H6/c1-9-5-6-11-8-7-10-3-2-4-12(9)13(10)11;1-2/h2-6H,7-8H2,1H3;1-2H3. The first kappa shape index (κ1) is 10.2. The monoisotopic (exact) mass is 198 g/mol. The Labute approximate surface area is 91.9 Å². The molecule has 0 unspecified atom stereocenters. The number of benzene rings is 2. The second kappa shape index (κ2) is 4.06. The highest BCUT2D eigenvalue weighted by Crippen LogP contribution is 2.32. The van der Waals surface area contributed by atoms with Gasteiger partial charge in [-0.05, 0) is 47.2 Å². The zero-order valence-corrected chi connectivity index (χ0v) is 9.80. The van der Waals surface area contributed by atoms with Gasteiger partial charge in [0.15, 0.2) is 0 Å². The second-order valence-electron chi connectivity index (χ2n) is 3.88. The summed E-state index contributed by atoms with van der Waals surface area (Å²) in [5.74, 6) is 0. The fourth-order valence-electron chi connectivity index (χ4n) is 2.39. The van der Waals surface area contributed by atoms with Crippen molar-refractivity contribution in [3.8, 4) is 0 Å². The molecule has 0 saturated heterocycles. The molecule has 0 nitrogen and oxygen atoms in total. The fourth-order valence-corrected chi connectivity index (χ4v) is 2.39. The third kappa shape index (κ3) is 1.54. The van der Waals surface area contributed by atoms with Crippen LogP contribution >= 0.6 is 0 Å². The van der Waals surface area contributed by atoms with Gasteiger partial charge in [0.25, 0.3) is 0 Å². The van der Waals surface area contributed by atoms with Gasteiger partial charge in [-0.1, -0.05) is 44.2 Å². The number of rotatable bonds is 0. The molecule has 15 heavy (non-hydrogen) atoms. The van der Waals surface area contributed by atoms with E-state index in [4.69, 9.17) is 0 Å². The van der Waals surface area contributed by atoms with E-state index in [1.807, 2.05) is 13.8 Å². The van der Waals surface area contributed by atoms with Crippen LogP contribution in [0.3, 0.4) is 0 Å². The van der Waals surface area contributed by atoms with Crippen molar-refractivity contribution in [2.75, 3.05) is 0 Å². The molecule has 0 aromatic heterocycles. The molecule has 0 aliphatic heterocycles. The van der Waals surface area contributed by atoms with Gasteiger partial charge in [0.2, 0.25) is 0 Å². The van der Waals surface area contributed by atoms with E-state index in [1.54, 1.807) is 0 Å². The van der Waals surface area contributed by atoms with E-state index in [1.165, 1.54) is 40.3 Å². The molecule has 2 aromatic carbocycles. The first-order valence-electron chi connectivity index (χ1n) is 5.86. The van der Waals surface area contributed by atoms with Gasteiger partial charge >= 0.3 is 0 Å². The zero-order chi connectivity index (χ0) is 10.8. The molecule has 0 heteroatoms. The predicted octanol–water partition coefficient (Wildman–Crippen LogP) is 4.27. The molecule has 1 aliphatic carbocycles. The van der Waals surface area contributed by atoms with Crippen molar-refractivity contribution in [1.82, 2.24) is 0 Å². The van der Waals surface area contributed by atoms with Gasteiger partial charge in [0.05, 0.1) is 0 Å². The number of aryl methyl sites for hydroxylation is 3. The van der Waals surface area contributed by atoms with Crippen molar-refractivity contribution in [1.29, 1.82) is 0 Å². The molecule has 0 N–H and O–H groups in total. The molecule has 0 fully saturated rings. The Morgan fingerprint density at radius 2 is 1.53 bits per heavy atom. The Morgan fingerprint density at radius 1 is 0.867 bits per heavy atom. The molecule has 0 radical (unpaired) electrons. The van der Waals surface area contributed by atoms with Crippen LogP contribution < -0.4 is 0 Å². The molecule has 0 spiro atoms. The van der Waals surface area contributed by atoms with Crippen LogP contribution in [0.4, 0.5) is 0 Å². The van der Waals surface area contributed by atoms with Gasteiger partial charge in [-0.15, -0.1) is 0 Å². The summed E-state index contributed by atoms with van der Waals surface area (Å²) < 4.78 is 0. The minimum absolute atomic E-state index is 1.23. The van der Waals surface area contributed by atoms with E-state index in [0.29, 0.717) is 0 Å². The van der Waals surface area contributed by atoms with Crippen LogP contribution in [0.15, 0.2) is 30.3 Å². The Bertz CT molecular complexity index is 470. The largest absolute Gasteiger partial charge is 0.0683 e. The lowest BCUT2D eigenvalue weighted by Crippen LogP contribution is -1.81. The van der Waals surface area contributed by atoms with E-state index in [0.717, 1.165) is 0 Å². The zero-order valence-electron chi connectivity index (χ0n) is 9.80. The normalized spacial score (nSPS) is 12.5. The maximum atomic E-state index is 2.29. The molecule has 0 atom stereocenters. The van der Waals surface area contributed by atoms with Crippen LogP contribution in [0.25, 0.3) is 10.8 Å². The van der Waals surface area contributed by atoms with Gasteiger partial charge in [-0.2, -0.15) is 0 Å². The number of hydrogen-bond acceptors (Lipinski definition) is 0. The molecule has 0 bridgehead atoms. The molecule has 3 rings (SSSR count). The minimum atomic E-state index is 1.23. The van der Waals surface area contributed by atoms with Crippen molar-refractivity contribution >= 4 is 10.8 Å². The summed E-state index contributed by atoms with van der Waals surface area (Å²) in [5, 5.41) is 2.98. The first-order valence-corrected chi connectivity index (χ1v) is 5.86. The topological polar surface area (TPSA) is 0 Å². The molecule has 0 amide bonds. The summed E-state index contributed by atoms with van der Waals surface area (Å²) in [6.45, 7) is 6.20. The van der Waals surface area contributed by atoms with E-state index in [2.05, 4.69) is 37.3 Å². The molecule has 2 aromatic rings. The quantitative estimate of drug-likeness (QED) is 0.593. The van der Waals surface area contributed by atoms with E-state index >= 15 is 0 Å². The van der Waals surface area contributed by atoms with Crippen molar-refractivity contribution < 1.29 is 0 Å². The number of hydrogen-bond donors (Lipinski definition) is 0. The average molecular weight is 198 g/mol. The van der Waals surface area contributed by atoms with Crippen molar-refractivity contribution in [3.63, 3.8) is 0 Å². The molecule has 1 aliphatic rings. The Kier molecular flexibility index (Phi) is 2.77. The highest BCUT2D eigenvalue weighted by Gasteiger charge is 2.13. The van der Waals surface area contributed by atoms with E-state index in [9.17, 15) is 0 Å². The van der Waals surface area contributed by atoms with Gasteiger partial charge < -0.3 is 0 Å². The van der Waals surface area contributed by atoms with Crippen LogP contribution in [0.1, 0.15) is 30.5 Å². The molecular weight excluding hydrogens is 180 g/mol. The summed E-state index contributed by atoms with van der Waals surface area (Å²) in [4.78, 5) is 0. The lowest BCUT2D eigenvalue weighted by molar-refractivity contribution is 1.02. The van der Waals surface area contributed by atoms with Gasteiger partial charge in [0, 0.05) is 0 Å². The highest BCUT2D eigenvalue weighted by atomic mass is 14.2. The highest BCUT2D eigenvalue weighted by molar-refractivity contribution is 5.92. The van der Waals surface area contributed by atoms with Gasteiger partial charge in [0.1, 0.15) is 0 Å². The third-order valence-corrected chi connectivity index (χ3v) is 3.09. The van der Waals surface area contributed by atoms with Crippen molar-refractivity contribution in [2.24, 2.45) is 0 Å². The van der Waals surface area contributed by atoms with Crippen molar-refractivity contribution in [2.45, 2.75) is 33.6 Å². The van der Waals surface area contributed by atoms with Crippen LogP contribution in [-0.4, -0.2) is 0 Å².